The quantitative estimate of drug-likeness (QED) is 0.462. The second-order valence-corrected chi connectivity index (χ2v) is 9.28. The Hall–Kier alpha value is -2.43. The van der Waals surface area contributed by atoms with Gasteiger partial charge in [0.25, 0.3) is 0 Å². The van der Waals surface area contributed by atoms with Crippen LogP contribution in [0.1, 0.15) is 27.7 Å². The number of fused-ring (bicyclic) bond motifs is 1. The predicted octanol–water partition coefficient (Wildman–Crippen LogP) is 4.89. The van der Waals surface area contributed by atoms with Crippen LogP contribution in [0, 0.1) is 17.2 Å². The molecule has 0 aliphatic rings. The number of thioether (sulfide) groups is 1. The molecule has 7 heteroatoms. The van der Waals surface area contributed by atoms with Gasteiger partial charge in [-0.05, 0) is 25.3 Å². The van der Waals surface area contributed by atoms with Crippen LogP contribution in [0.15, 0.2) is 47.1 Å². The second kappa shape index (κ2) is 8.29. The van der Waals surface area contributed by atoms with Crippen LogP contribution in [0.25, 0.3) is 21.3 Å². The van der Waals surface area contributed by atoms with Crippen molar-refractivity contribution >= 4 is 39.2 Å². The number of nitrogens with zero attached hydrogens (tertiary/aromatic N) is 3. The standard InChI is InChI=1S/C21H22N4OS2/c1-13(2)21(4,11-22)25-18(26)14(3)28-20-17-16(15-8-6-5-7-9-15)10-27-19(17)23-12-24-20/h5-10,12-14H,1-4H3,(H,25,26). The summed E-state index contributed by atoms with van der Waals surface area (Å²) in [7, 11) is 0. The summed E-state index contributed by atoms with van der Waals surface area (Å²) in [5.74, 6) is -0.169. The number of amides is 1. The van der Waals surface area contributed by atoms with Gasteiger partial charge in [0, 0.05) is 10.9 Å². The smallest absolute Gasteiger partial charge is 0.234 e. The van der Waals surface area contributed by atoms with Crippen LogP contribution < -0.4 is 5.32 Å². The average molecular weight is 411 g/mol. The first kappa shape index (κ1) is 20.3. The van der Waals surface area contributed by atoms with Crippen molar-refractivity contribution in [3.05, 3.63) is 42.0 Å². The SMILES string of the molecule is CC(Sc1ncnc2scc(-c3ccccc3)c12)C(=O)NC(C)(C#N)C(C)C. The largest absolute Gasteiger partial charge is 0.337 e. The van der Waals surface area contributed by atoms with Gasteiger partial charge in [0.2, 0.25) is 5.91 Å². The topological polar surface area (TPSA) is 78.7 Å². The van der Waals surface area contributed by atoms with Crippen molar-refractivity contribution in [2.75, 3.05) is 0 Å². The van der Waals surface area contributed by atoms with Gasteiger partial charge < -0.3 is 5.32 Å². The summed E-state index contributed by atoms with van der Waals surface area (Å²) in [4.78, 5) is 22.5. The van der Waals surface area contributed by atoms with Crippen LogP contribution >= 0.6 is 23.1 Å². The van der Waals surface area contributed by atoms with E-state index >= 15 is 0 Å². The molecule has 0 saturated heterocycles. The maximum atomic E-state index is 12.7. The van der Waals surface area contributed by atoms with E-state index in [0.717, 1.165) is 26.4 Å². The van der Waals surface area contributed by atoms with Crippen molar-refractivity contribution in [1.29, 1.82) is 5.26 Å². The fourth-order valence-electron chi connectivity index (χ4n) is 2.65. The summed E-state index contributed by atoms with van der Waals surface area (Å²) in [6.07, 6.45) is 1.54. The fraction of sp³-hybridized carbons (Fsp3) is 0.333. The molecule has 28 heavy (non-hydrogen) atoms. The third kappa shape index (κ3) is 4.03. The lowest BCUT2D eigenvalue weighted by molar-refractivity contribution is -0.121. The molecule has 0 aliphatic carbocycles. The van der Waals surface area contributed by atoms with E-state index in [0.29, 0.717) is 0 Å². The van der Waals surface area contributed by atoms with Crippen molar-refractivity contribution in [3.8, 4) is 17.2 Å². The first-order chi connectivity index (χ1) is 13.4. The van der Waals surface area contributed by atoms with E-state index in [4.69, 9.17) is 0 Å². The van der Waals surface area contributed by atoms with Crippen molar-refractivity contribution in [2.24, 2.45) is 5.92 Å². The summed E-state index contributed by atoms with van der Waals surface area (Å²) in [6.45, 7) is 7.43. The third-order valence-corrected chi connectivity index (χ3v) is 6.83. The van der Waals surface area contributed by atoms with E-state index < -0.39 is 10.8 Å². The molecular weight excluding hydrogens is 388 g/mol. The molecule has 1 aromatic carbocycles. The highest BCUT2D eigenvalue weighted by Crippen LogP contribution is 2.39. The van der Waals surface area contributed by atoms with E-state index in [1.807, 2.05) is 39.0 Å². The van der Waals surface area contributed by atoms with Gasteiger partial charge in [-0.15, -0.1) is 11.3 Å². The number of nitrogens with one attached hydrogen (secondary N) is 1. The summed E-state index contributed by atoms with van der Waals surface area (Å²) < 4.78 is 0. The number of carbonyl (C=O) groups is 1. The van der Waals surface area contributed by atoms with E-state index in [1.54, 1.807) is 18.3 Å². The van der Waals surface area contributed by atoms with Crippen LogP contribution in [0.5, 0.6) is 0 Å². The maximum absolute atomic E-state index is 12.7. The Kier molecular flexibility index (Phi) is 6.01. The minimum atomic E-state index is -0.898. The number of hydrogen-bond donors (Lipinski definition) is 1. The number of rotatable bonds is 6. The average Bonchev–Trinajstić information content (AvgIpc) is 3.13. The van der Waals surface area contributed by atoms with Crippen LogP contribution in [-0.2, 0) is 4.79 Å². The lowest BCUT2D eigenvalue weighted by atomic mass is 9.90. The van der Waals surface area contributed by atoms with Crippen molar-refractivity contribution in [1.82, 2.24) is 15.3 Å². The minimum absolute atomic E-state index is 0.00552. The molecule has 2 unspecified atom stereocenters. The van der Waals surface area contributed by atoms with Crippen LogP contribution in [0.4, 0.5) is 0 Å². The number of carbonyl (C=O) groups excluding carboxylic acids is 1. The molecule has 0 bridgehead atoms. The van der Waals surface area contributed by atoms with Gasteiger partial charge in [-0.3, -0.25) is 4.79 Å². The monoisotopic (exact) mass is 410 g/mol. The van der Waals surface area contributed by atoms with Gasteiger partial charge in [0.1, 0.15) is 21.7 Å². The fourth-order valence-corrected chi connectivity index (χ4v) is 4.56. The van der Waals surface area contributed by atoms with Gasteiger partial charge in [-0.1, -0.05) is 55.9 Å². The zero-order chi connectivity index (χ0) is 20.3. The maximum Gasteiger partial charge on any atom is 0.234 e. The lowest BCUT2D eigenvalue weighted by Gasteiger charge is -2.28. The molecule has 0 saturated carbocycles. The Morgan fingerprint density at radius 2 is 1.96 bits per heavy atom. The van der Waals surface area contributed by atoms with Gasteiger partial charge >= 0.3 is 0 Å². The van der Waals surface area contributed by atoms with E-state index in [-0.39, 0.29) is 11.8 Å². The van der Waals surface area contributed by atoms with Gasteiger partial charge in [-0.2, -0.15) is 5.26 Å². The molecule has 5 nitrogen and oxygen atoms in total. The molecular formula is C21H22N4OS2. The van der Waals surface area contributed by atoms with E-state index in [1.165, 1.54) is 18.1 Å². The molecule has 144 valence electrons. The zero-order valence-corrected chi connectivity index (χ0v) is 17.9. The molecule has 0 radical (unpaired) electrons. The Balaban J connectivity index is 1.89. The van der Waals surface area contributed by atoms with Gasteiger partial charge in [0.15, 0.2) is 0 Å². The number of aromatic nitrogens is 2. The number of nitriles is 1. The first-order valence-electron chi connectivity index (χ1n) is 9.03. The van der Waals surface area contributed by atoms with Crippen LogP contribution in [0.2, 0.25) is 0 Å². The summed E-state index contributed by atoms with van der Waals surface area (Å²) in [5, 5.41) is 15.8. The summed E-state index contributed by atoms with van der Waals surface area (Å²) in [5.41, 5.74) is 1.27. The van der Waals surface area contributed by atoms with Crippen molar-refractivity contribution in [3.63, 3.8) is 0 Å². The highest BCUT2D eigenvalue weighted by molar-refractivity contribution is 8.00. The van der Waals surface area contributed by atoms with Crippen LogP contribution in [-0.4, -0.2) is 26.7 Å². The predicted molar refractivity (Wildman–Crippen MR) is 115 cm³/mol. The Morgan fingerprint density at radius 1 is 1.25 bits per heavy atom. The molecule has 0 fully saturated rings. The van der Waals surface area contributed by atoms with Crippen molar-refractivity contribution < 1.29 is 4.79 Å². The highest BCUT2D eigenvalue weighted by atomic mass is 32.2. The molecule has 2 atom stereocenters. The number of hydrogen-bond acceptors (Lipinski definition) is 6. The lowest BCUT2D eigenvalue weighted by Crippen LogP contribution is -2.51. The molecule has 1 N–H and O–H groups in total. The van der Waals surface area contributed by atoms with E-state index in [9.17, 15) is 10.1 Å². The summed E-state index contributed by atoms with van der Waals surface area (Å²) >= 11 is 2.96. The number of thiophene rings is 1. The molecule has 3 rings (SSSR count). The molecule has 2 aromatic heterocycles. The highest BCUT2D eigenvalue weighted by Gasteiger charge is 2.32. The van der Waals surface area contributed by atoms with Gasteiger partial charge in [-0.25, -0.2) is 9.97 Å². The normalized spacial score (nSPS) is 14.4. The summed E-state index contributed by atoms with van der Waals surface area (Å²) in [6, 6.07) is 12.3. The van der Waals surface area contributed by atoms with Gasteiger partial charge in [0.05, 0.1) is 16.7 Å². The molecule has 3 aromatic rings. The second-order valence-electron chi connectivity index (χ2n) is 7.09. The molecule has 0 spiro atoms. The van der Waals surface area contributed by atoms with Crippen molar-refractivity contribution in [2.45, 2.75) is 43.5 Å². The van der Waals surface area contributed by atoms with Crippen LogP contribution in [0.3, 0.4) is 0 Å². The Labute approximate surface area is 173 Å². The molecule has 1 amide bonds. The van der Waals surface area contributed by atoms with E-state index in [2.05, 4.69) is 38.9 Å². The zero-order valence-electron chi connectivity index (χ0n) is 16.3. The molecule has 2 heterocycles. The minimum Gasteiger partial charge on any atom is -0.337 e. The first-order valence-corrected chi connectivity index (χ1v) is 10.8. The number of benzene rings is 1. The molecule has 0 aliphatic heterocycles. The Bertz CT molecular complexity index is 1030. The third-order valence-electron chi connectivity index (χ3n) is 4.85. The Morgan fingerprint density at radius 3 is 2.61 bits per heavy atom.